The molecule has 0 nitrogen and oxygen atoms in total. The molecule has 0 aromatic heterocycles. The van der Waals surface area contributed by atoms with Gasteiger partial charge < -0.3 is 0 Å². The molecule has 1 heteroatoms. The minimum absolute atomic E-state index is 0.123. The lowest BCUT2D eigenvalue weighted by Gasteiger charge is -2.06. The van der Waals surface area contributed by atoms with Gasteiger partial charge in [0.25, 0.3) is 0 Å². The molecule has 0 aliphatic carbocycles. The van der Waals surface area contributed by atoms with Crippen LogP contribution in [0, 0.1) is 17.7 Å². The molecule has 0 bridgehead atoms. The molecule has 3 rings (SSSR count). The molecule has 3 aromatic rings. The second-order valence-corrected chi connectivity index (χ2v) is 7.19. The fourth-order valence-corrected chi connectivity index (χ4v) is 3.26. The van der Waals surface area contributed by atoms with E-state index >= 15 is 0 Å². The molecule has 0 aliphatic heterocycles. The minimum Gasteiger partial charge on any atom is -0.207 e. The molecule has 3 aromatic carbocycles. The van der Waals surface area contributed by atoms with E-state index in [4.69, 9.17) is 0 Å². The Hall–Kier alpha value is -3.11. The fraction of sp³-hybridized carbons (Fsp3) is 0.214. The number of hydrogen-bond donors (Lipinski definition) is 0. The lowest BCUT2D eigenvalue weighted by molar-refractivity contribution is 0.608. The number of rotatable bonds is 6. The molecule has 0 N–H and O–H groups in total. The molecule has 146 valence electrons. The van der Waals surface area contributed by atoms with E-state index in [1.54, 1.807) is 6.07 Å². The van der Waals surface area contributed by atoms with Gasteiger partial charge in [-0.2, -0.15) is 0 Å². The highest BCUT2D eigenvalue weighted by atomic mass is 19.1. The van der Waals surface area contributed by atoms with Crippen molar-refractivity contribution in [3.8, 4) is 23.0 Å². The summed E-state index contributed by atoms with van der Waals surface area (Å²) < 4.78 is 14.2. The predicted octanol–water partition coefficient (Wildman–Crippen LogP) is 7.35. The Morgan fingerprint density at radius 2 is 1.41 bits per heavy atom. The summed E-state index contributed by atoms with van der Waals surface area (Å²) in [5.41, 5.74) is 5.98. The molecule has 0 aliphatic rings. The molecule has 0 heterocycles. The molecule has 0 saturated heterocycles. The molecule has 29 heavy (non-hydrogen) atoms. The van der Waals surface area contributed by atoms with E-state index in [1.807, 2.05) is 43.3 Å². The van der Waals surface area contributed by atoms with E-state index in [9.17, 15) is 4.39 Å². The first kappa shape index (κ1) is 20.6. The van der Waals surface area contributed by atoms with Crippen molar-refractivity contribution >= 4 is 0 Å². The third-order valence-corrected chi connectivity index (χ3v) is 4.93. The minimum atomic E-state index is -0.123. The maximum Gasteiger partial charge on any atom is 0.127 e. The maximum absolute atomic E-state index is 14.2. The monoisotopic (exact) mass is 382 g/mol. The van der Waals surface area contributed by atoms with Crippen molar-refractivity contribution in [3.05, 3.63) is 107 Å². The predicted molar refractivity (Wildman–Crippen MR) is 121 cm³/mol. The Labute approximate surface area is 174 Å². The third kappa shape index (κ3) is 5.93. The van der Waals surface area contributed by atoms with Crippen molar-refractivity contribution in [1.29, 1.82) is 0 Å². The van der Waals surface area contributed by atoms with Gasteiger partial charge in [0.1, 0.15) is 5.82 Å². The number of benzene rings is 3. The molecule has 0 fully saturated rings. The highest BCUT2D eigenvalue weighted by molar-refractivity contribution is 5.65. The molecule has 0 spiro atoms. The Balaban J connectivity index is 1.68. The summed E-state index contributed by atoms with van der Waals surface area (Å²) in [5, 5.41) is 0. The summed E-state index contributed by atoms with van der Waals surface area (Å²) in [6, 6.07) is 21.9. The second-order valence-electron chi connectivity index (χ2n) is 7.19. The Bertz CT molecular complexity index is 1010. The van der Waals surface area contributed by atoms with Crippen molar-refractivity contribution in [3.63, 3.8) is 0 Å². The summed E-state index contributed by atoms with van der Waals surface area (Å²) in [4.78, 5) is 0. The highest BCUT2D eigenvalue weighted by Gasteiger charge is 2.04. The van der Waals surface area contributed by atoms with Crippen LogP contribution < -0.4 is 0 Å². The van der Waals surface area contributed by atoms with Crippen LogP contribution in [0.3, 0.4) is 0 Å². The van der Waals surface area contributed by atoms with Crippen LogP contribution in [-0.2, 0) is 12.8 Å². The largest absolute Gasteiger partial charge is 0.207 e. The van der Waals surface area contributed by atoms with Crippen molar-refractivity contribution in [1.82, 2.24) is 0 Å². The molecule has 0 amide bonds. The molecule has 0 radical (unpaired) electrons. The highest BCUT2D eigenvalue weighted by Crippen LogP contribution is 2.23. The summed E-state index contributed by atoms with van der Waals surface area (Å²) >= 11 is 0. The molecular formula is C28H27F. The summed E-state index contributed by atoms with van der Waals surface area (Å²) in [6.45, 7) is 4.11. The third-order valence-electron chi connectivity index (χ3n) is 4.93. The van der Waals surface area contributed by atoms with Gasteiger partial charge in [0.2, 0.25) is 0 Å². The molecular weight excluding hydrogens is 355 g/mol. The first-order valence-electron chi connectivity index (χ1n) is 10.3. The SMILES string of the molecule is C/C=C/CCc1ccc(C#Cc2ccc(-c3ccc(CCC)c(F)c3)cc2)cc1. The Morgan fingerprint density at radius 1 is 0.793 bits per heavy atom. The zero-order valence-corrected chi connectivity index (χ0v) is 17.2. The van der Waals surface area contributed by atoms with Crippen LogP contribution in [0.5, 0.6) is 0 Å². The van der Waals surface area contributed by atoms with Crippen LogP contribution in [0.1, 0.15) is 48.9 Å². The van der Waals surface area contributed by atoms with Crippen molar-refractivity contribution in [2.45, 2.75) is 39.5 Å². The quantitative estimate of drug-likeness (QED) is 0.309. The van der Waals surface area contributed by atoms with E-state index in [1.165, 1.54) is 5.56 Å². The van der Waals surface area contributed by atoms with Gasteiger partial charge >= 0.3 is 0 Å². The first-order valence-corrected chi connectivity index (χ1v) is 10.3. The Morgan fingerprint density at radius 3 is 2.00 bits per heavy atom. The van der Waals surface area contributed by atoms with Crippen molar-refractivity contribution < 1.29 is 4.39 Å². The van der Waals surface area contributed by atoms with Crippen LogP contribution in [0.25, 0.3) is 11.1 Å². The average Bonchev–Trinajstić information content (AvgIpc) is 2.75. The molecule has 0 saturated carbocycles. The van der Waals surface area contributed by atoms with Gasteiger partial charge in [0, 0.05) is 11.1 Å². The molecule has 0 atom stereocenters. The fourth-order valence-electron chi connectivity index (χ4n) is 3.26. The van der Waals surface area contributed by atoms with Gasteiger partial charge in [-0.15, -0.1) is 0 Å². The summed E-state index contributed by atoms with van der Waals surface area (Å²) in [5.74, 6) is 6.31. The van der Waals surface area contributed by atoms with Gasteiger partial charge in [-0.3, -0.25) is 0 Å². The van der Waals surface area contributed by atoms with Gasteiger partial charge in [-0.1, -0.05) is 73.7 Å². The average molecular weight is 383 g/mol. The number of halogens is 1. The number of allylic oxidation sites excluding steroid dienone is 2. The van der Waals surface area contributed by atoms with Crippen LogP contribution >= 0.6 is 0 Å². The van der Waals surface area contributed by atoms with E-state index in [0.717, 1.165) is 53.5 Å². The van der Waals surface area contributed by atoms with Gasteiger partial charge in [-0.05, 0) is 78.8 Å². The summed E-state index contributed by atoms with van der Waals surface area (Å²) in [6.07, 6.45) is 8.12. The van der Waals surface area contributed by atoms with Gasteiger partial charge in [0.15, 0.2) is 0 Å². The smallest absolute Gasteiger partial charge is 0.127 e. The number of aryl methyl sites for hydroxylation is 2. The molecule has 0 unspecified atom stereocenters. The topological polar surface area (TPSA) is 0 Å². The number of hydrogen-bond acceptors (Lipinski definition) is 0. The van der Waals surface area contributed by atoms with E-state index in [0.29, 0.717) is 0 Å². The zero-order chi connectivity index (χ0) is 20.5. The van der Waals surface area contributed by atoms with E-state index < -0.39 is 0 Å². The van der Waals surface area contributed by atoms with Crippen LogP contribution in [-0.4, -0.2) is 0 Å². The van der Waals surface area contributed by atoms with Crippen molar-refractivity contribution in [2.24, 2.45) is 0 Å². The normalized spacial score (nSPS) is 10.7. The maximum atomic E-state index is 14.2. The van der Waals surface area contributed by atoms with E-state index in [2.05, 4.69) is 55.2 Å². The second kappa shape index (κ2) is 10.4. The van der Waals surface area contributed by atoms with Gasteiger partial charge in [-0.25, -0.2) is 4.39 Å². The first-order chi connectivity index (χ1) is 14.2. The Kier molecular flexibility index (Phi) is 7.42. The standard InChI is InChI=1S/C28H27F/c1-3-5-6-8-22-9-11-23(12-10-22)13-14-24-15-17-25(18-16-24)27-20-19-26(7-4-2)28(29)21-27/h3,5,9-12,15-21H,4,6-8H2,1-2H3/b5-3+. The zero-order valence-electron chi connectivity index (χ0n) is 17.2. The summed E-state index contributed by atoms with van der Waals surface area (Å²) in [7, 11) is 0. The van der Waals surface area contributed by atoms with Crippen LogP contribution in [0.2, 0.25) is 0 Å². The van der Waals surface area contributed by atoms with E-state index in [-0.39, 0.29) is 5.82 Å². The lowest BCUT2D eigenvalue weighted by atomic mass is 10.0. The van der Waals surface area contributed by atoms with Gasteiger partial charge in [0.05, 0.1) is 0 Å². The van der Waals surface area contributed by atoms with Crippen LogP contribution in [0.15, 0.2) is 78.9 Å². The van der Waals surface area contributed by atoms with Crippen molar-refractivity contribution in [2.75, 3.05) is 0 Å². The lowest BCUT2D eigenvalue weighted by Crippen LogP contribution is -1.90. The van der Waals surface area contributed by atoms with Crippen LogP contribution in [0.4, 0.5) is 4.39 Å².